The van der Waals surface area contributed by atoms with Gasteiger partial charge in [0.1, 0.15) is 4.90 Å². The summed E-state index contributed by atoms with van der Waals surface area (Å²) in [5.41, 5.74) is 0. The Kier molecular flexibility index (Phi) is 6.64. The van der Waals surface area contributed by atoms with Crippen molar-refractivity contribution in [3.05, 3.63) is 29.3 Å². The fourth-order valence-electron chi connectivity index (χ4n) is 2.12. The molecule has 0 unspecified atom stereocenters. The Balaban J connectivity index is 2.78. The predicted octanol–water partition coefficient (Wildman–Crippen LogP) is 2.76. The zero-order valence-electron chi connectivity index (χ0n) is 12.0. The minimum absolute atomic E-state index is 0.00490. The summed E-state index contributed by atoms with van der Waals surface area (Å²) in [5, 5.41) is 9.03. The summed E-state index contributed by atoms with van der Waals surface area (Å²) >= 11 is 5.88. The van der Waals surface area contributed by atoms with Gasteiger partial charge in [-0.15, -0.1) is 0 Å². The van der Waals surface area contributed by atoms with Crippen molar-refractivity contribution in [2.45, 2.75) is 31.6 Å². The third-order valence-electron chi connectivity index (χ3n) is 2.96. The molecule has 21 heavy (non-hydrogen) atoms. The first-order valence-electron chi connectivity index (χ1n) is 6.68. The number of carboxylic acids is 1. The second kappa shape index (κ2) is 7.77. The van der Waals surface area contributed by atoms with Crippen molar-refractivity contribution in [3.8, 4) is 0 Å². The van der Waals surface area contributed by atoms with Gasteiger partial charge in [-0.2, -0.15) is 0 Å². The Hall–Kier alpha value is -1.11. The number of halogens is 1. The average molecular weight is 334 g/mol. The van der Waals surface area contributed by atoms with Gasteiger partial charge in [-0.05, 0) is 30.4 Å². The summed E-state index contributed by atoms with van der Waals surface area (Å²) in [7, 11) is -3.73. The number of rotatable bonds is 8. The summed E-state index contributed by atoms with van der Waals surface area (Å²) in [6, 6.07) is 6.15. The molecule has 0 spiro atoms. The zero-order chi connectivity index (χ0) is 16.0. The van der Waals surface area contributed by atoms with Crippen molar-refractivity contribution in [3.63, 3.8) is 0 Å². The van der Waals surface area contributed by atoms with Gasteiger partial charge in [0.15, 0.2) is 0 Å². The Labute approximate surface area is 130 Å². The van der Waals surface area contributed by atoms with Crippen LogP contribution in [-0.4, -0.2) is 26.0 Å². The van der Waals surface area contributed by atoms with Gasteiger partial charge < -0.3 is 5.11 Å². The molecule has 1 aromatic carbocycles. The van der Waals surface area contributed by atoms with Gasteiger partial charge in [-0.3, -0.25) is 4.79 Å². The van der Waals surface area contributed by atoms with Crippen molar-refractivity contribution in [1.82, 2.24) is 4.72 Å². The van der Waals surface area contributed by atoms with Crippen LogP contribution in [0.15, 0.2) is 29.2 Å². The first-order valence-corrected chi connectivity index (χ1v) is 8.54. The molecule has 0 aliphatic rings. The van der Waals surface area contributed by atoms with Crippen molar-refractivity contribution in [2.24, 2.45) is 11.8 Å². The Bertz CT molecular complexity index is 586. The highest BCUT2D eigenvalue weighted by atomic mass is 35.5. The minimum atomic E-state index is -3.73. The molecular formula is C14H20ClNO4S. The van der Waals surface area contributed by atoms with E-state index < -0.39 is 16.0 Å². The van der Waals surface area contributed by atoms with E-state index in [1.54, 1.807) is 12.1 Å². The molecule has 5 nitrogen and oxygen atoms in total. The van der Waals surface area contributed by atoms with Gasteiger partial charge in [0.2, 0.25) is 10.0 Å². The van der Waals surface area contributed by atoms with Crippen LogP contribution in [0.4, 0.5) is 0 Å². The largest absolute Gasteiger partial charge is 0.481 e. The van der Waals surface area contributed by atoms with E-state index in [9.17, 15) is 13.2 Å². The smallest absolute Gasteiger partial charge is 0.303 e. The number of aliphatic carboxylic acids is 1. The van der Waals surface area contributed by atoms with Crippen LogP contribution in [-0.2, 0) is 14.8 Å². The lowest BCUT2D eigenvalue weighted by molar-refractivity contribution is -0.138. The molecule has 7 heteroatoms. The monoisotopic (exact) mass is 333 g/mol. The highest BCUT2D eigenvalue weighted by Gasteiger charge is 2.21. The maximum absolute atomic E-state index is 12.2. The number of nitrogens with one attached hydrogen (secondary N) is 1. The van der Waals surface area contributed by atoms with E-state index in [-0.39, 0.29) is 28.8 Å². The summed E-state index contributed by atoms with van der Waals surface area (Å²) in [5.74, 6) is -0.892. The normalized spacial score (nSPS) is 13.3. The van der Waals surface area contributed by atoms with Crippen LogP contribution < -0.4 is 4.72 Å². The van der Waals surface area contributed by atoms with E-state index in [0.717, 1.165) is 0 Å². The predicted molar refractivity (Wildman–Crippen MR) is 81.8 cm³/mol. The van der Waals surface area contributed by atoms with E-state index in [4.69, 9.17) is 16.7 Å². The van der Waals surface area contributed by atoms with Gasteiger partial charge in [0.05, 0.1) is 5.02 Å². The van der Waals surface area contributed by atoms with Crippen LogP contribution >= 0.6 is 11.6 Å². The van der Waals surface area contributed by atoms with Crippen LogP contribution in [0.3, 0.4) is 0 Å². The molecule has 0 bridgehead atoms. The molecule has 1 aromatic rings. The molecule has 0 saturated carbocycles. The molecular weight excluding hydrogens is 314 g/mol. The number of hydrogen-bond acceptors (Lipinski definition) is 3. The molecule has 1 atom stereocenters. The van der Waals surface area contributed by atoms with Crippen molar-refractivity contribution >= 4 is 27.6 Å². The zero-order valence-corrected chi connectivity index (χ0v) is 13.6. The molecule has 0 aliphatic carbocycles. The molecule has 0 aromatic heterocycles. The molecule has 1 rings (SSSR count). The van der Waals surface area contributed by atoms with Crippen LogP contribution in [0.25, 0.3) is 0 Å². The van der Waals surface area contributed by atoms with Crippen molar-refractivity contribution in [2.75, 3.05) is 6.54 Å². The molecule has 0 amide bonds. The quantitative estimate of drug-likeness (QED) is 0.766. The second-order valence-corrected chi connectivity index (χ2v) is 7.52. The third kappa shape index (κ3) is 6.03. The molecule has 0 heterocycles. The summed E-state index contributed by atoms with van der Waals surface area (Å²) in [6.07, 6.45) is 0.570. The van der Waals surface area contributed by atoms with Gasteiger partial charge in [0, 0.05) is 13.0 Å². The fraction of sp³-hybridized carbons (Fsp3) is 0.500. The molecule has 0 radical (unpaired) electrons. The lowest BCUT2D eigenvalue weighted by Crippen LogP contribution is -2.31. The van der Waals surface area contributed by atoms with Crippen LogP contribution in [0.2, 0.25) is 5.02 Å². The van der Waals surface area contributed by atoms with Crippen molar-refractivity contribution < 1.29 is 18.3 Å². The summed E-state index contributed by atoms with van der Waals surface area (Å²) < 4.78 is 26.8. The lowest BCUT2D eigenvalue weighted by Gasteiger charge is -2.18. The lowest BCUT2D eigenvalue weighted by atomic mass is 9.94. The molecule has 0 aliphatic heterocycles. The molecule has 0 fully saturated rings. The van der Waals surface area contributed by atoms with Gasteiger partial charge in [0.25, 0.3) is 0 Å². The Morgan fingerprint density at radius 2 is 1.95 bits per heavy atom. The minimum Gasteiger partial charge on any atom is -0.481 e. The van der Waals surface area contributed by atoms with E-state index >= 15 is 0 Å². The van der Waals surface area contributed by atoms with Gasteiger partial charge in [-0.1, -0.05) is 37.6 Å². The maximum atomic E-state index is 12.2. The maximum Gasteiger partial charge on any atom is 0.303 e. The Morgan fingerprint density at radius 1 is 1.33 bits per heavy atom. The number of hydrogen-bond donors (Lipinski definition) is 2. The second-order valence-electron chi connectivity index (χ2n) is 5.38. The number of sulfonamides is 1. The van der Waals surface area contributed by atoms with Crippen molar-refractivity contribution in [1.29, 1.82) is 0 Å². The van der Waals surface area contributed by atoms with Gasteiger partial charge in [-0.25, -0.2) is 13.1 Å². The van der Waals surface area contributed by atoms with Crippen LogP contribution in [0, 0.1) is 11.8 Å². The molecule has 0 saturated heterocycles. The number of carboxylic acid groups (broad SMARTS) is 1. The number of carbonyl (C=O) groups is 1. The standard InChI is InChI=1S/C14H20ClNO4S/c1-10(2)7-11(8-14(17)18)9-16-21(19,20)13-6-4-3-5-12(13)15/h3-6,10-11,16H,7-9H2,1-2H3,(H,17,18)/t11-/m0/s1. The third-order valence-corrected chi connectivity index (χ3v) is 4.88. The topological polar surface area (TPSA) is 83.5 Å². The highest BCUT2D eigenvalue weighted by molar-refractivity contribution is 7.89. The van der Waals surface area contributed by atoms with E-state index in [1.807, 2.05) is 13.8 Å². The highest BCUT2D eigenvalue weighted by Crippen LogP contribution is 2.21. The summed E-state index contributed by atoms with van der Waals surface area (Å²) in [4.78, 5) is 10.8. The van der Waals surface area contributed by atoms with E-state index in [2.05, 4.69) is 4.72 Å². The number of benzene rings is 1. The van der Waals surface area contributed by atoms with E-state index in [0.29, 0.717) is 12.3 Å². The SMILES string of the molecule is CC(C)C[C@H](CNS(=O)(=O)c1ccccc1Cl)CC(=O)O. The Morgan fingerprint density at radius 3 is 2.48 bits per heavy atom. The first kappa shape index (κ1) is 17.9. The van der Waals surface area contributed by atoms with Crippen LogP contribution in [0.5, 0.6) is 0 Å². The molecule has 2 N–H and O–H groups in total. The van der Waals surface area contributed by atoms with Crippen LogP contribution in [0.1, 0.15) is 26.7 Å². The van der Waals surface area contributed by atoms with E-state index in [1.165, 1.54) is 12.1 Å². The first-order chi connectivity index (χ1) is 9.72. The molecule has 118 valence electrons. The summed E-state index contributed by atoms with van der Waals surface area (Å²) in [6.45, 7) is 4.02. The average Bonchev–Trinajstić information content (AvgIpc) is 2.35. The fourth-order valence-corrected chi connectivity index (χ4v) is 3.75. The van der Waals surface area contributed by atoms with Gasteiger partial charge >= 0.3 is 5.97 Å².